The van der Waals surface area contributed by atoms with E-state index < -0.39 is 0 Å². The number of aromatic amines is 1. The number of nitrogens with zero attached hydrogens (tertiary/aromatic N) is 2. The molecule has 1 heterocycles. The van der Waals surface area contributed by atoms with Crippen LogP contribution in [-0.4, -0.2) is 23.1 Å². The highest BCUT2D eigenvalue weighted by Crippen LogP contribution is 2.28. The molecule has 3 rings (SSSR count). The third-order valence-corrected chi connectivity index (χ3v) is 4.17. The molecule has 0 aliphatic carbocycles. The molecule has 2 aromatic carbocycles. The third kappa shape index (κ3) is 3.51. The maximum absolute atomic E-state index is 12.7. The maximum Gasteiger partial charge on any atom is 0.280 e. The van der Waals surface area contributed by atoms with Crippen LogP contribution in [0.4, 0.5) is 5.69 Å². The van der Waals surface area contributed by atoms with E-state index in [1.807, 2.05) is 38.1 Å². The number of aryl methyl sites for hydroxylation is 2. The first kappa shape index (κ1) is 17.0. The van der Waals surface area contributed by atoms with Crippen molar-refractivity contribution in [1.82, 2.24) is 9.78 Å². The first-order chi connectivity index (χ1) is 12.0. The minimum Gasteiger partial charge on any atom is -0.495 e. The van der Waals surface area contributed by atoms with E-state index in [1.165, 1.54) is 4.68 Å². The molecule has 0 fully saturated rings. The molecule has 5 nitrogen and oxygen atoms in total. The zero-order valence-corrected chi connectivity index (χ0v) is 15.0. The summed E-state index contributed by atoms with van der Waals surface area (Å²) in [5, 5.41) is 3.61. The van der Waals surface area contributed by atoms with E-state index in [0.29, 0.717) is 22.0 Å². The monoisotopic (exact) mass is 355 g/mol. The van der Waals surface area contributed by atoms with Crippen molar-refractivity contribution in [2.75, 3.05) is 7.11 Å². The van der Waals surface area contributed by atoms with E-state index >= 15 is 0 Å². The lowest BCUT2D eigenvalue weighted by atomic mass is 10.2. The highest BCUT2D eigenvalue weighted by atomic mass is 35.5. The van der Waals surface area contributed by atoms with E-state index in [2.05, 4.69) is 10.1 Å². The van der Waals surface area contributed by atoms with E-state index in [-0.39, 0.29) is 5.56 Å². The number of aliphatic imine (C=N–C) groups is 1. The van der Waals surface area contributed by atoms with Crippen molar-refractivity contribution >= 4 is 23.5 Å². The molecule has 0 aliphatic heterocycles. The number of rotatable bonds is 4. The van der Waals surface area contributed by atoms with Crippen LogP contribution in [0, 0.1) is 13.8 Å². The largest absolute Gasteiger partial charge is 0.495 e. The van der Waals surface area contributed by atoms with Gasteiger partial charge in [-0.1, -0.05) is 23.7 Å². The molecule has 0 saturated carbocycles. The number of hydrogen-bond donors (Lipinski definition) is 1. The van der Waals surface area contributed by atoms with Crippen LogP contribution >= 0.6 is 11.6 Å². The summed E-state index contributed by atoms with van der Waals surface area (Å²) in [5.74, 6) is 0.541. The van der Waals surface area contributed by atoms with Crippen molar-refractivity contribution in [3.63, 3.8) is 0 Å². The summed E-state index contributed by atoms with van der Waals surface area (Å²) in [5.41, 5.74) is 3.64. The molecule has 25 heavy (non-hydrogen) atoms. The molecule has 0 aliphatic rings. The highest BCUT2D eigenvalue weighted by Gasteiger charge is 2.11. The first-order valence-corrected chi connectivity index (χ1v) is 8.13. The van der Waals surface area contributed by atoms with Crippen LogP contribution in [-0.2, 0) is 0 Å². The minimum atomic E-state index is -0.146. The molecule has 6 heteroatoms. The van der Waals surface area contributed by atoms with E-state index in [1.54, 1.807) is 31.5 Å². The van der Waals surface area contributed by atoms with Crippen molar-refractivity contribution in [3.8, 4) is 11.4 Å². The fraction of sp³-hybridized carbons (Fsp3) is 0.158. The van der Waals surface area contributed by atoms with Gasteiger partial charge in [-0.3, -0.25) is 14.9 Å². The van der Waals surface area contributed by atoms with Gasteiger partial charge in [-0.05, 0) is 43.7 Å². The quantitative estimate of drug-likeness (QED) is 0.713. The van der Waals surface area contributed by atoms with Gasteiger partial charge >= 0.3 is 0 Å². The number of benzene rings is 2. The molecule has 3 aromatic rings. The minimum absolute atomic E-state index is 0.146. The molecule has 0 amide bonds. The lowest BCUT2D eigenvalue weighted by Gasteiger charge is -2.02. The summed E-state index contributed by atoms with van der Waals surface area (Å²) >= 11 is 6.01. The Morgan fingerprint density at radius 1 is 1.20 bits per heavy atom. The first-order valence-electron chi connectivity index (χ1n) is 7.76. The zero-order chi connectivity index (χ0) is 18.0. The van der Waals surface area contributed by atoms with Crippen LogP contribution in [0.3, 0.4) is 0 Å². The summed E-state index contributed by atoms with van der Waals surface area (Å²) in [6.45, 7) is 3.83. The molecular formula is C19H18ClN3O2. The number of ether oxygens (including phenoxy) is 1. The van der Waals surface area contributed by atoms with Gasteiger partial charge in [0, 0.05) is 18.0 Å². The van der Waals surface area contributed by atoms with Gasteiger partial charge in [0.05, 0.1) is 29.1 Å². The fourth-order valence-corrected chi connectivity index (χ4v) is 2.72. The third-order valence-electron chi connectivity index (χ3n) is 3.85. The standard InChI is InChI=1S/C19H18ClN3O2/c1-12-5-4-6-15(9-12)23-19(24)16(13(2)22-23)11-21-14-7-8-17(20)18(10-14)25-3/h4-11,22H,1-3H3. The summed E-state index contributed by atoms with van der Waals surface area (Å²) < 4.78 is 6.70. The maximum atomic E-state index is 12.7. The van der Waals surface area contributed by atoms with Crippen LogP contribution in [0.5, 0.6) is 5.75 Å². The predicted molar refractivity (Wildman–Crippen MR) is 101 cm³/mol. The SMILES string of the molecule is COc1cc(N=Cc2c(C)[nH]n(-c3cccc(C)c3)c2=O)ccc1Cl. The highest BCUT2D eigenvalue weighted by molar-refractivity contribution is 6.32. The number of nitrogens with one attached hydrogen (secondary N) is 1. The Balaban J connectivity index is 1.98. The zero-order valence-electron chi connectivity index (χ0n) is 14.2. The molecule has 1 N–H and O–H groups in total. The smallest absolute Gasteiger partial charge is 0.280 e. The van der Waals surface area contributed by atoms with Gasteiger partial charge in [-0.25, -0.2) is 4.68 Å². The van der Waals surface area contributed by atoms with Crippen molar-refractivity contribution in [3.05, 3.63) is 74.7 Å². The summed E-state index contributed by atoms with van der Waals surface area (Å²) in [7, 11) is 1.55. The Kier molecular flexibility index (Phi) is 4.76. The molecule has 0 atom stereocenters. The lowest BCUT2D eigenvalue weighted by molar-refractivity contribution is 0.415. The van der Waals surface area contributed by atoms with Crippen LogP contribution in [0.25, 0.3) is 5.69 Å². The van der Waals surface area contributed by atoms with Gasteiger partial charge in [0.15, 0.2) is 0 Å². The second-order valence-electron chi connectivity index (χ2n) is 5.71. The van der Waals surface area contributed by atoms with Crippen LogP contribution in [0.2, 0.25) is 5.02 Å². The van der Waals surface area contributed by atoms with Gasteiger partial charge in [0.1, 0.15) is 5.75 Å². The summed E-state index contributed by atoms with van der Waals surface area (Å²) in [4.78, 5) is 17.1. The Bertz CT molecular complexity index is 1000. The Morgan fingerprint density at radius 3 is 2.72 bits per heavy atom. The topological polar surface area (TPSA) is 59.4 Å². The molecule has 1 aromatic heterocycles. The van der Waals surface area contributed by atoms with Crippen molar-refractivity contribution in [1.29, 1.82) is 0 Å². The number of aromatic nitrogens is 2. The summed E-state index contributed by atoms with van der Waals surface area (Å²) in [6, 6.07) is 12.9. The predicted octanol–water partition coefficient (Wildman–Crippen LogP) is 4.20. The lowest BCUT2D eigenvalue weighted by Crippen LogP contribution is -2.17. The van der Waals surface area contributed by atoms with Crippen molar-refractivity contribution in [2.45, 2.75) is 13.8 Å². The number of methoxy groups -OCH3 is 1. The Morgan fingerprint density at radius 2 is 2.00 bits per heavy atom. The molecule has 0 bridgehead atoms. The molecular weight excluding hydrogens is 338 g/mol. The summed E-state index contributed by atoms with van der Waals surface area (Å²) in [6.07, 6.45) is 1.56. The second-order valence-corrected chi connectivity index (χ2v) is 6.11. The second kappa shape index (κ2) is 6.99. The van der Waals surface area contributed by atoms with Gasteiger partial charge in [0.2, 0.25) is 0 Å². The molecule has 128 valence electrons. The van der Waals surface area contributed by atoms with E-state index in [9.17, 15) is 4.79 Å². The molecule has 0 radical (unpaired) electrons. The van der Waals surface area contributed by atoms with Gasteiger partial charge in [0.25, 0.3) is 5.56 Å². The van der Waals surface area contributed by atoms with Crippen LogP contribution in [0.1, 0.15) is 16.8 Å². The number of H-pyrrole nitrogens is 1. The molecule has 0 unspecified atom stereocenters. The average Bonchev–Trinajstić information content (AvgIpc) is 2.88. The van der Waals surface area contributed by atoms with Gasteiger partial charge in [-0.2, -0.15) is 0 Å². The van der Waals surface area contributed by atoms with Crippen molar-refractivity contribution in [2.24, 2.45) is 4.99 Å². The number of hydrogen-bond acceptors (Lipinski definition) is 3. The van der Waals surface area contributed by atoms with Gasteiger partial charge < -0.3 is 4.74 Å². The molecule has 0 saturated heterocycles. The van der Waals surface area contributed by atoms with E-state index in [0.717, 1.165) is 16.9 Å². The Labute approximate surface area is 150 Å². The van der Waals surface area contributed by atoms with Gasteiger partial charge in [-0.15, -0.1) is 0 Å². The Hall–Kier alpha value is -2.79. The molecule has 0 spiro atoms. The van der Waals surface area contributed by atoms with E-state index in [4.69, 9.17) is 16.3 Å². The normalized spacial score (nSPS) is 11.2. The number of halogens is 1. The van der Waals surface area contributed by atoms with Crippen LogP contribution in [0.15, 0.2) is 52.3 Å². The van der Waals surface area contributed by atoms with Crippen molar-refractivity contribution < 1.29 is 4.74 Å². The fourth-order valence-electron chi connectivity index (χ4n) is 2.53. The van der Waals surface area contributed by atoms with Crippen LogP contribution < -0.4 is 10.3 Å². The average molecular weight is 356 g/mol.